The van der Waals surface area contributed by atoms with Crippen molar-refractivity contribution in [3.05, 3.63) is 53.9 Å². The molecule has 0 radical (unpaired) electrons. The average Bonchev–Trinajstić information content (AvgIpc) is 2.74. The van der Waals surface area contributed by atoms with Gasteiger partial charge in [-0.05, 0) is 55.2 Å². The molecule has 0 aliphatic carbocycles. The second-order valence-corrected chi connectivity index (χ2v) is 6.71. The van der Waals surface area contributed by atoms with Crippen LogP contribution < -0.4 is 15.4 Å². The third-order valence-electron chi connectivity index (χ3n) is 4.60. The van der Waals surface area contributed by atoms with E-state index in [0.29, 0.717) is 17.0 Å². The van der Waals surface area contributed by atoms with Gasteiger partial charge in [-0.2, -0.15) is 8.78 Å². The first kappa shape index (κ1) is 21.4. The molecule has 30 heavy (non-hydrogen) atoms. The number of allylic oxidation sites excluding steroid dienone is 1. The van der Waals surface area contributed by atoms with E-state index in [4.69, 9.17) is 11.1 Å². The first-order chi connectivity index (χ1) is 14.5. The number of ether oxygens (including phenoxy) is 1. The van der Waals surface area contributed by atoms with Crippen LogP contribution in [0, 0.1) is 11.2 Å². The standard InChI is InChI=1S/C21H22F3N5O/c22-17-8-9-19(29-10-2-1-3-11-29)28-20(17)27-18(26)12-15(13-25)14-4-6-16(7-5-14)30-21(23)24/h4-9,12-13,21,25H,1-3,10-11H2,(H2,26,27,28)/b15-12+,25-13?. The normalized spacial score (nSPS) is 15.4. The minimum Gasteiger partial charge on any atom is -0.435 e. The van der Waals surface area contributed by atoms with Crippen LogP contribution in [0.25, 0.3) is 5.57 Å². The largest absolute Gasteiger partial charge is 0.435 e. The number of piperidine rings is 1. The number of anilines is 1. The van der Waals surface area contributed by atoms with Crippen molar-refractivity contribution < 1.29 is 17.9 Å². The molecule has 0 bridgehead atoms. The van der Waals surface area contributed by atoms with Crippen molar-refractivity contribution in [3.63, 3.8) is 0 Å². The van der Waals surface area contributed by atoms with E-state index >= 15 is 0 Å². The maximum absolute atomic E-state index is 14.2. The number of amidine groups is 1. The second kappa shape index (κ2) is 9.91. The van der Waals surface area contributed by atoms with Crippen LogP contribution in [0.4, 0.5) is 24.8 Å². The van der Waals surface area contributed by atoms with Crippen LogP contribution in [0.5, 0.6) is 5.75 Å². The van der Waals surface area contributed by atoms with Gasteiger partial charge in [0, 0.05) is 24.9 Å². The molecule has 1 aliphatic heterocycles. The Balaban J connectivity index is 1.82. The lowest BCUT2D eigenvalue weighted by atomic mass is 10.1. The summed E-state index contributed by atoms with van der Waals surface area (Å²) in [5.74, 6) is -0.119. The summed E-state index contributed by atoms with van der Waals surface area (Å²) < 4.78 is 43.0. The lowest BCUT2D eigenvalue weighted by Gasteiger charge is -2.27. The number of pyridine rings is 1. The first-order valence-corrected chi connectivity index (χ1v) is 9.49. The number of hydrogen-bond acceptors (Lipinski definition) is 5. The van der Waals surface area contributed by atoms with E-state index in [1.165, 1.54) is 42.8 Å². The van der Waals surface area contributed by atoms with Crippen LogP contribution >= 0.6 is 0 Å². The van der Waals surface area contributed by atoms with Crippen LogP contribution in [0.2, 0.25) is 0 Å². The Morgan fingerprint density at radius 2 is 1.83 bits per heavy atom. The summed E-state index contributed by atoms with van der Waals surface area (Å²) in [4.78, 5) is 10.4. The molecule has 0 atom stereocenters. The Labute approximate surface area is 172 Å². The Morgan fingerprint density at radius 3 is 2.47 bits per heavy atom. The van der Waals surface area contributed by atoms with E-state index in [1.807, 2.05) is 0 Å². The quantitative estimate of drug-likeness (QED) is 0.512. The van der Waals surface area contributed by atoms with Gasteiger partial charge in [0.15, 0.2) is 11.6 Å². The summed E-state index contributed by atoms with van der Waals surface area (Å²) in [7, 11) is 0. The first-order valence-electron chi connectivity index (χ1n) is 9.49. The number of benzene rings is 1. The zero-order valence-electron chi connectivity index (χ0n) is 16.2. The molecule has 6 nitrogen and oxygen atoms in total. The number of nitrogens with two attached hydrogens (primary N) is 1. The molecule has 0 saturated carbocycles. The highest BCUT2D eigenvalue weighted by Crippen LogP contribution is 2.24. The van der Waals surface area contributed by atoms with Crippen LogP contribution in [-0.2, 0) is 0 Å². The van der Waals surface area contributed by atoms with E-state index in [-0.39, 0.29) is 17.4 Å². The van der Waals surface area contributed by atoms with Gasteiger partial charge < -0.3 is 20.8 Å². The van der Waals surface area contributed by atoms with Gasteiger partial charge in [-0.25, -0.2) is 14.4 Å². The number of halogens is 3. The molecule has 9 heteroatoms. The lowest BCUT2D eigenvalue weighted by molar-refractivity contribution is -0.0498. The molecule has 1 aromatic heterocycles. The predicted octanol–water partition coefficient (Wildman–Crippen LogP) is 4.53. The lowest BCUT2D eigenvalue weighted by Crippen LogP contribution is -2.30. The Morgan fingerprint density at radius 1 is 1.13 bits per heavy atom. The number of nitrogens with one attached hydrogen (secondary N) is 1. The molecular formula is C21H22F3N5O. The number of aromatic nitrogens is 1. The van der Waals surface area contributed by atoms with E-state index < -0.39 is 12.4 Å². The molecule has 2 aromatic rings. The summed E-state index contributed by atoms with van der Waals surface area (Å²) in [6.45, 7) is -1.19. The van der Waals surface area contributed by atoms with Gasteiger partial charge in [0.25, 0.3) is 0 Å². The molecule has 0 spiro atoms. The minimum absolute atomic E-state index is 0.000480. The maximum Gasteiger partial charge on any atom is 0.387 e. The Bertz CT molecular complexity index is 938. The van der Waals surface area contributed by atoms with E-state index in [9.17, 15) is 13.2 Å². The topological polar surface area (TPSA) is 87.6 Å². The highest BCUT2D eigenvalue weighted by molar-refractivity contribution is 6.15. The highest BCUT2D eigenvalue weighted by Gasteiger charge is 2.14. The maximum atomic E-state index is 14.2. The molecule has 1 aromatic carbocycles. The Kier molecular flexibility index (Phi) is 7.05. The molecule has 1 aliphatic rings. The van der Waals surface area contributed by atoms with Crippen LogP contribution in [-0.4, -0.2) is 36.7 Å². The third kappa shape index (κ3) is 5.59. The highest BCUT2D eigenvalue weighted by atomic mass is 19.3. The molecule has 0 amide bonds. The zero-order valence-corrected chi connectivity index (χ0v) is 16.2. The monoisotopic (exact) mass is 417 g/mol. The van der Waals surface area contributed by atoms with Gasteiger partial charge in [0.05, 0.1) is 0 Å². The van der Waals surface area contributed by atoms with Gasteiger partial charge in [-0.1, -0.05) is 12.1 Å². The van der Waals surface area contributed by atoms with Crippen molar-refractivity contribution in [2.75, 3.05) is 18.0 Å². The second-order valence-electron chi connectivity index (χ2n) is 6.71. The number of hydrogen-bond donors (Lipinski definition) is 2. The molecular weight excluding hydrogens is 395 g/mol. The Hall–Kier alpha value is -3.36. The van der Waals surface area contributed by atoms with E-state index in [0.717, 1.165) is 32.1 Å². The van der Waals surface area contributed by atoms with E-state index in [2.05, 4.69) is 19.6 Å². The van der Waals surface area contributed by atoms with Crippen LogP contribution in [0.15, 0.2) is 47.5 Å². The smallest absolute Gasteiger partial charge is 0.387 e. The average molecular weight is 417 g/mol. The molecule has 1 saturated heterocycles. The van der Waals surface area contributed by atoms with Crippen molar-refractivity contribution in [3.8, 4) is 5.75 Å². The predicted molar refractivity (Wildman–Crippen MR) is 111 cm³/mol. The van der Waals surface area contributed by atoms with Crippen molar-refractivity contribution in [2.45, 2.75) is 25.9 Å². The zero-order chi connectivity index (χ0) is 21.5. The van der Waals surface area contributed by atoms with Crippen LogP contribution in [0.1, 0.15) is 24.8 Å². The number of nitrogens with zero attached hydrogens (tertiary/aromatic N) is 3. The fourth-order valence-electron chi connectivity index (χ4n) is 3.15. The summed E-state index contributed by atoms with van der Waals surface area (Å²) in [5.41, 5.74) is 6.85. The summed E-state index contributed by atoms with van der Waals surface area (Å²) in [6.07, 6.45) is 5.73. The van der Waals surface area contributed by atoms with Gasteiger partial charge in [-0.3, -0.25) is 0 Å². The number of aliphatic imine (C=N–C) groups is 1. The van der Waals surface area contributed by atoms with Crippen molar-refractivity contribution in [1.82, 2.24) is 4.98 Å². The van der Waals surface area contributed by atoms with E-state index in [1.54, 1.807) is 6.07 Å². The third-order valence-corrected chi connectivity index (χ3v) is 4.60. The van der Waals surface area contributed by atoms with Gasteiger partial charge in [0.2, 0.25) is 0 Å². The summed E-state index contributed by atoms with van der Waals surface area (Å²) in [6, 6.07) is 8.67. The molecule has 0 unspecified atom stereocenters. The van der Waals surface area contributed by atoms with Gasteiger partial charge in [0.1, 0.15) is 17.4 Å². The van der Waals surface area contributed by atoms with Crippen molar-refractivity contribution in [2.24, 2.45) is 10.7 Å². The molecule has 3 N–H and O–H groups in total. The molecule has 1 fully saturated rings. The van der Waals surface area contributed by atoms with Gasteiger partial charge >= 0.3 is 6.61 Å². The summed E-state index contributed by atoms with van der Waals surface area (Å²) >= 11 is 0. The fraction of sp³-hybridized carbons (Fsp3) is 0.286. The minimum atomic E-state index is -2.92. The van der Waals surface area contributed by atoms with Crippen LogP contribution in [0.3, 0.4) is 0 Å². The SMILES string of the molecule is N=C/C(=C\C(N)=N\c1nc(N2CCCCC2)ccc1F)c1ccc(OC(F)F)cc1. The molecule has 2 heterocycles. The van der Waals surface area contributed by atoms with Crippen molar-refractivity contribution in [1.29, 1.82) is 5.41 Å². The number of alkyl halides is 2. The molecule has 3 rings (SSSR count). The number of rotatable bonds is 7. The van der Waals surface area contributed by atoms with Crippen molar-refractivity contribution >= 4 is 29.3 Å². The molecule has 158 valence electrons. The van der Waals surface area contributed by atoms with Gasteiger partial charge in [-0.15, -0.1) is 0 Å². The summed E-state index contributed by atoms with van der Waals surface area (Å²) in [5, 5.41) is 7.60. The fourth-order valence-corrected chi connectivity index (χ4v) is 3.15.